The number of hydrogen-bond acceptors (Lipinski definition) is 2. The molecule has 0 aliphatic heterocycles. The highest BCUT2D eigenvalue weighted by molar-refractivity contribution is 9.09. The first kappa shape index (κ1) is 14.3. The smallest absolute Gasteiger partial charge is 0.255 e. The topological polar surface area (TPSA) is 49.3 Å². The summed E-state index contributed by atoms with van der Waals surface area (Å²) in [5.74, 6) is -0.818. The number of nitrogens with one attached hydrogen (secondary N) is 1. The molecule has 0 aromatic heterocycles. The zero-order valence-electron chi connectivity index (χ0n) is 10.5. The van der Waals surface area contributed by atoms with Crippen molar-refractivity contribution >= 4 is 21.8 Å². The molecule has 0 radical (unpaired) electrons. The number of alkyl halides is 1. The maximum atomic E-state index is 12.8. The quantitative estimate of drug-likeness (QED) is 0.836. The van der Waals surface area contributed by atoms with Crippen molar-refractivity contribution in [3.8, 4) is 5.75 Å². The van der Waals surface area contributed by atoms with E-state index in [2.05, 4.69) is 21.2 Å². The van der Waals surface area contributed by atoms with E-state index < -0.39 is 5.82 Å². The van der Waals surface area contributed by atoms with Gasteiger partial charge in [0.25, 0.3) is 5.91 Å². The van der Waals surface area contributed by atoms with E-state index in [1.165, 1.54) is 25.0 Å². The number of carbonyl (C=O) groups excluding carboxylic acids is 1. The molecule has 5 heteroatoms. The summed E-state index contributed by atoms with van der Waals surface area (Å²) in [6, 6.07) is 3.41. The van der Waals surface area contributed by atoms with E-state index in [1.54, 1.807) is 0 Å². The van der Waals surface area contributed by atoms with Crippen molar-refractivity contribution in [2.75, 3.05) is 6.54 Å². The highest BCUT2D eigenvalue weighted by Gasteiger charge is 2.23. The number of aromatic hydroxyl groups is 1. The summed E-state index contributed by atoms with van der Waals surface area (Å²) in [6.45, 7) is 0.575. The highest BCUT2D eigenvalue weighted by Crippen LogP contribution is 2.29. The van der Waals surface area contributed by atoms with Crippen molar-refractivity contribution in [1.29, 1.82) is 0 Å². The molecule has 2 atom stereocenters. The minimum absolute atomic E-state index is 0.114. The number of halogens is 2. The van der Waals surface area contributed by atoms with Gasteiger partial charge in [-0.05, 0) is 30.9 Å². The van der Waals surface area contributed by atoms with Gasteiger partial charge in [-0.3, -0.25) is 4.79 Å². The van der Waals surface area contributed by atoms with Crippen molar-refractivity contribution in [3.05, 3.63) is 29.6 Å². The SMILES string of the molecule is O=C(NCC1CCCCC1Br)c1ccc(F)cc1O. The first-order valence-electron chi connectivity index (χ1n) is 6.48. The van der Waals surface area contributed by atoms with Gasteiger partial charge in [-0.2, -0.15) is 0 Å². The van der Waals surface area contributed by atoms with Crippen LogP contribution in [0.3, 0.4) is 0 Å². The maximum absolute atomic E-state index is 12.8. The molecule has 2 unspecified atom stereocenters. The van der Waals surface area contributed by atoms with Crippen LogP contribution in [-0.2, 0) is 0 Å². The molecule has 0 bridgehead atoms. The van der Waals surface area contributed by atoms with Crippen LogP contribution in [0.25, 0.3) is 0 Å². The van der Waals surface area contributed by atoms with Gasteiger partial charge < -0.3 is 10.4 Å². The molecule has 1 saturated carbocycles. The molecular weight excluding hydrogens is 313 g/mol. The summed E-state index contributed by atoms with van der Waals surface area (Å²) in [5, 5.41) is 12.3. The summed E-state index contributed by atoms with van der Waals surface area (Å²) < 4.78 is 12.8. The van der Waals surface area contributed by atoms with Crippen LogP contribution in [0.2, 0.25) is 0 Å². The molecule has 0 heterocycles. The van der Waals surface area contributed by atoms with Crippen LogP contribution in [0.5, 0.6) is 5.75 Å². The van der Waals surface area contributed by atoms with Crippen molar-refractivity contribution in [1.82, 2.24) is 5.32 Å². The van der Waals surface area contributed by atoms with E-state index in [1.807, 2.05) is 0 Å². The van der Waals surface area contributed by atoms with Gasteiger partial charge in [-0.15, -0.1) is 0 Å². The second-order valence-electron chi connectivity index (χ2n) is 4.93. The molecule has 1 aliphatic rings. The third-order valence-electron chi connectivity index (χ3n) is 3.55. The van der Waals surface area contributed by atoms with Gasteiger partial charge in [0.1, 0.15) is 11.6 Å². The lowest BCUT2D eigenvalue weighted by atomic mass is 9.89. The van der Waals surface area contributed by atoms with E-state index in [9.17, 15) is 14.3 Å². The first-order valence-corrected chi connectivity index (χ1v) is 7.40. The van der Waals surface area contributed by atoms with Crippen LogP contribution in [-0.4, -0.2) is 22.4 Å². The van der Waals surface area contributed by atoms with E-state index in [4.69, 9.17) is 0 Å². The fraction of sp³-hybridized carbons (Fsp3) is 0.500. The van der Waals surface area contributed by atoms with Gasteiger partial charge in [0, 0.05) is 17.4 Å². The minimum atomic E-state index is -0.554. The number of amides is 1. The number of benzene rings is 1. The zero-order chi connectivity index (χ0) is 13.8. The molecule has 1 aliphatic carbocycles. The predicted octanol–water partition coefficient (Wildman–Crippen LogP) is 3.21. The molecule has 1 aromatic carbocycles. The first-order chi connectivity index (χ1) is 9.08. The van der Waals surface area contributed by atoms with Crippen molar-refractivity contribution in [3.63, 3.8) is 0 Å². The van der Waals surface area contributed by atoms with Crippen LogP contribution in [0.1, 0.15) is 36.0 Å². The average Bonchev–Trinajstić information content (AvgIpc) is 2.37. The van der Waals surface area contributed by atoms with Crippen LogP contribution in [0.15, 0.2) is 18.2 Å². The second-order valence-corrected chi connectivity index (χ2v) is 6.11. The van der Waals surface area contributed by atoms with E-state index in [-0.39, 0.29) is 17.2 Å². The Morgan fingerprint density at radius 2 is 2.16 bits per heavy atom. The second kappa shape index (κ2) is 6.37. The molecule has 1 aromatic rings. The summed E-state index contributed by atoms with van der Waals surface area (Å²) in [4.78, 5) is 12.4. The lowest BCUT2D eigenvalue weighted by Gasteiger charge is -2.27. The minimum Gasteiger partial charge on any atom is -0.507 e. The van der Waals surface area contributed by atoms with Gasteiger partial charge in [0.2, 0.25) is 0 Å². The lowest BCUT2D eigenvalue weighted by Crippen LogP contribution is -2.34. The summed E-state index contributed by atoms with van der Waals surface area (Å²) in [5.41, 5.74) is 0.114. The third-order valence-corrected chi connectivity index (χ3v) is 4.75. The number of carbonyl (C=O) groups is 1. The fourth-order valence-electron chi connectivity index (χ4n) is 2.41. The number of hydrogen-bond donors (Lipinski definition) is 2. The Morgan fingerprint density at radius 1 is 1.42 bits per heavy atom. The standard InChI is InChI=1S/C14H17BrFNO2/c15-12-4-2-1-3-9(12)8-17-14(19)11-6-5-10(16)7-13(11)18/h5-7,9,12,18H,1-4,8H2,(H,17,19). The van der Waals surface area contributed by atoms with Crippen LogP contribution in [0, 0.1) is 11.7 Å². The Hall–Kier alpha value is -1.10. The van der Waals surface area contributed by atoms with Crippen LogP contribution in [0.4, 0.5) is 4.39 Å². The maximum Gasteiger partial charge on any atom is 0.255 e. The Morgan fingerprint density at radius 3 is 2.84 bits per heavy atom. The Bertz CT molecular complexity index is 467. The average molecular weight is 330 g/mol. The zero-order valence-corrected chi connectivity index (χ0v) is 12.1. The van der Waals surface area contributed by atoms with Gasteiger partial charge >= 0.3 is 0 Å². The molecule has 3 nitrogen and oxygen atoms in total. The van der Waals surface area contributed by atoms with E-state index >= 15 is 0 Å². The monoisotopic (exact) mass is 329 g/mol. The Labute approximate surface area is 120 Å². The normalized spacial score (nSPS) is 23.1. The lowest BCUT2D eigenvalue weighted by molar-refractivity contribution is 0.0942. The van der Waals surface area contributed by atoms with Crippen molar-refractivity contribution in [2.24, 2.45) is 5.92 Å². The Kier molecular flexibility index (Phi) is 4.80. The summed E-state index contributed by atoms with van der Waals surface area (Å²) in [6.07, 6.45) is 4.62. The molecule has 2 N–H and O–H groups in total. The van der Waals surface area contributed by atoms with Gasteiger partial charge in [-0.1, -0.05) is 28.8 Å². The van der Waals surface area contributed by atoms with Gasteiger partial charge in [0.05, 0.1) is 5.56 Å². The number of phenolic OH excluding ortho intramolecular Hbond substituents is 1. The van der Waals surface area contributed by atoms with Crippen molar-refractivity contribution in [2.45, 2.75) is 30.5 Å². The van der Waals surface area contributed by atoms with Crippen LogP contribution >= 0.6 is 15.9 Å². The van der Waals surface area contributed by atoms with Gasteiger partial charge in [0.15, 0.2) is 0 Å². The number of rotatable bonds is 3. The molecule has 104 valence electrons. The molecule has 1 fully saturated rings. The molecule has 19 heavy (non-hydrogen) atoms. The molecule has 0 spiro atoms. The summed E-state index contributed by atoms with van der Waals surface area (Å²) >= 11 is 3.63. The number of phenols is 1. The molecule has 0 saturated heterocycles. The van der Waals surface area contributed by atoms with Crippen LogP contribution < -0.4 is 5.32 Å². The van der Waals surface area contributed by atoms with E-state index in [0.29, 0.717) is 17.3 Å². The molecular formula is C14H17BrFNO2. The van der Waals surface area contributed by atoms with Gasteiger partial charge in [-0.25, -0.2) is 4.39 Å². The predicted molar refractivity (Wildman–Crippen MR) is 75.1 cm³/mol. The summed E-state index contributed by atoms with van der Waals surface area (Å²) in [7, 11) is 0. The largest absolute Gasteiger partial charge is 0.507 e. The molecule has 2 rings (SSSR count). The highest BCUT2D eigenvalue weighted by atomic mass is 79.9. The fourth-order valence-corrected chi connectivity index (χ4v) is 3.18. The third kappa shape index (κ3) is 3.69. The molecule has 1 amide bonds. The van der Waals surface area contributed by atoms with Crippen molar-refractivity contribution < 1.29 is 14.3 Å². The van der Waals surface area contributed by atoms with E-state index in [0.717, 1.165) is 18.9 Å². The Balaban J connectivity index is 1.93.